The molecule has 0 aliphatic rings. The van der Waals surface area contributed by atoms with Gasteiger partial charge in [-0.15, -0.1) is 0 Å². The molecule has 1 aromatic rings. The molecule has 0 bridgehead atoms. The molecule has 9 heteroatoms. The third kappa shape index (κ3) is 8.59. The fraction of sp³-hybridized carbons (Fsp3) is 0.524. The summed E-state index contributed by atoms with van der Waals surface area (Å²) < 4.78 is 18.0. The molecule has 0 aliphatic heterocycles. The zero-order valence-corrected chi connectivity index (χ0v) is 17.8. The number of amides is 3. The Bertz CT molecular complexity index is 725. The first-order chi connectivity index (χ1) is 14.1. The third-order valence-corrected chi connectivity index (χ3v) is 4.42. The Morgan fingerprint density at radius 3 is 2.23 bits per heavy atom. The maximum atomic E-state index is 12.9. The zero-order chi connectivity index (χ0) is 22.7. The number of rotatable bonds is 11. The van der Waals surface area contributed by atoms with Gasteiger partial charge in [0.25, 0.3) is 0 Å². The summed E-state index contributed by atoms with van der Waals surface area (Å²) in [6, 6.07) is 6.89. The van der Waals surface area contributed by atoms with E-state index in [9.17, 15) is 23.6 Å². The van der Waals surface area contributed by atoms with Crippen molar-refractivity contribution in [1.29, 1.82) is 0 Å². The summed E-state index contributed by atoms with van der Waals surface area (Å²) in [6.07, 6.45) is -0.846. The van der Waals surface area contributed by atoms with Crippen LogP contribution in [0.3, 0.4) is 0 Å². The summed E-state index contributed by atoms with van der Waals surface area (Å²) in [4.78, 5) is 49.7. The van der Waals surface area contributed by atoms with Crippen LogP contribution in [0.25, 0.3) is 0 Å². The Kier molecular flexibility index (Phi) is 10.5. The normalized spacial score (nSPS) is 12.6. The molecule has 166 valence electrons. The minimum absolute atomic E-state index is 0.0252. The molecule has 0 saturated carbocycles. The number of ketones is 1. The molecule has 0 heterocycles. The van der Waals surface area contributed by atoms with E-state index in [1.807, 2.05) is 18.2 Å². The lowest BCUT2D eigenvalue weighted by Gasteiger charge is -2.24. The van der Waals surface area contributed by atoms with E-state index in [0.29, 0.717) is 0 Å². The van der Waals surface area contributed by atoms with Crippen LogP contribution in [0, 0.1) is 5.92 Å². The van der Waals surface area contributed by atoms with Gasteiger partial charge in [0.05, 0.1) is 6.04 Å². The Balaban J connectivity index is 2.71. The van der Waals surface area contributed by atoms with E-state index in [1.165, 1.54) is 4.90 Å². The minimum Gasteiger partial charge on any atom is -0.445 e. The van der Waals surface area contributed by atoms with Gasteiger partial charge in [-0.1, -0.05) is 44.2 Å². The molecule has 0 radical (unpaired) electrons. The molecule has 0 saturated heterocycles. The number of alkyl halides is 1. The number of carbonyl (C=O) groups excluding carboxylic acids is 4. The van der Waals surface area contributed by atoms with E-state index >= 15 is 0 Å². The first kappa shape index (κ1) is 25.1. The summed E-state index contributed by atoms with van der Waals surface area (Å²) in [5.74, 6) is -2.04. The summed E-state index contributed by atoms with van der Waals surface area (Å²) in [7, 11) is 3.12. The average Bonchev–Trinajstić information content (AvgIpc) is 2.72. The maximum Gasteiger partial charge on any atom is 0.408 e. The monoisotopic (exact) mass is 423 g/mol. The van der Waals surface area contributed by atoms with Crippen LogP contribution in [0.4, 0.5) is 9.18 Å². The van der Waals surface area contributed by atoms with Gasteiger partial charge in [0.1, 0.15) is 19.3 Å². The van der Waals surface area contributed by atoms with Crippen molar-refractivity contribution in [3.05, 3.63) is 35.9 Å². The highest BCUT2D eigenvalue weighted by Gasteiger charge is 2.29. The molecule has 1 unspecified atom stereocenters. The molecule has 0 fully saturated rings. The largest absolute Gasteiger partial charge is 0.445 e. The molecule has 30 heavy (non-hydrogen) atoms. The zero-order valence-electron chi connectivity index (χ0n) is 17.8. The predicted octanol–water partition coefficient (Wildman–Crippen LogP) is 1.83. The third-order valence-electron chi connectivity index (χ3n) is 4.42. The molecular weight excluding hydrogens is 393 g/mol. The van der Waals surface area contributed by atoms with E-state index in [2.05, 4.69) is 10.6 Å². The smallest absolute Gasteiger partial charge is 0.408 e. The van der Waals surface area contributed by atoms with Gasteiger partial charge >= 0.3 is 6.09 Å². The van der Waals surface area contributed by atoms with E-state index < -0.39 is 36.5 Å². The second-order valence-corrected chi connectivity index (χ2v) is 7.42. The van der Waals surface area contributed by atoms with Crippen LogP contribution in [0.15, 0.2) is 30.3 Å². The molecule has 3 amide bonds. The van der Waals surface area contributed by atoms with Crippen LogP contribution in [-0.4, -0.2) is 61.4 Å². The molecule has 0 spiro atoms. The standard InChI is InChI=1S/C21H30FN3O5/c1-14(2)19(24-21(29)30-13-15-8-6-5-7-9-15)20(28)23-16(17(26)12-22)10-11-18(27)25(3)4/h5-9,14,16,19H,10-13H2,1-4H3,(H,23,28)(H,24,29)/t16?,19-/m0/s1. The van der Waals surface area contributed by atoms with E-state index in [-0.39, 0.29) is 31.3 Å². The van der Waals surface area contributed by atoms with Crippen LogP contribution in [0.5, 0.6) is 0 Å². The van der Waals surface area contributed by atoms with Gasteiger partial charge in [0.15, 0.2) is 5.78 Å². The van der Waals surface area contributed by atoms with Gasteiger partial charge in [-0.2, -0.15) is 0 Å². The molecule has 2 atom stereocenters. The van der Waals surface area contributed by atoms with Crippen LogP contribution in [-0.2, 0) is 25.7 Å². The van der Waals surface area contributed by atoms with Crippen LogP contribution in [0.1, 0.15) is 32.3 Å². The quantitative estimate of drug-likeness (QED) is 0.565. The van der Waals surface area contributed by atoms with Crippen LogP contribution >= 0.6 is 0 Å². The van der Waals surface area contributed by atoms with Crippen LogP contribution < -0.4 is 10.6 Å². The molecule has 1 rings (SSSR count). The van der Waals surface area contributed by atoms with Crippen molar-refractivity contribution in [3.63, 3.8) is 0 Å². The second-order valence-electron chi connectivity index (χ2n) is 7.42. The molecular formula is C21H30FN3O5. The van der Waals surface area contributed by atoms with Crippen molar-refractivity contribution in [2.75, 3.05) is 20.8 Å². The second kappa shape index (κ2) is 12.6. The summed E-state index contributed by atoms with van der Waals surface area (Å²) >= 11 is 0. The van der Waals surface area contributed by atoms with Gasteiger partial charge in [-0.05, 0) is 17.9 Å². The highest BCUT2D eigenvalue weighted by Crippen LogP contribution is 2.08. The fourth-order valence-corrected chi connectivity index (χ4v) is 2.59. The van der Waals surface area contributed by atoms with Gasteiger partial charge in [-0.25, -0.2) is 9.18 Å². The molecule has 0 aromatic heterocycles. The van der Waals surface area contributed by atoms with Gasteiger partial charge in [0.2, 0.25) is 11.8 Å². The van der Waals surface area contributed by atoms with Crippen molar-refractivity contribution in [1.82, 2.24) is 15.5 Å². The highest BCUT2D eigenvalue weighted by molar-refractivity contribution is 5.93. The number of Topliss-reactive ketones (excluding diaryl/α,β-unsaturated/α-hetero) is 1. The Hall–Kier alpha value is -2.97. The molecule has 0 aliphatic carbocycles. The Labute approximate surface area is 176 Å². The number of ether oxygens (including phenoxy) is 1. The number of nitrogens with zero attached hydrogens (tertiary/aromatic N) is 1. The SMILES string of the molecule is CC(C)[C@H](NC(=O)OCc1ccccc1)C(=O)NC(CCC(=O)N(C)C)C(=O)CF. The Morgan fingerprint density at radius 2 is 1.70 bits per heavy atom. The van der Waals surface area contributed by atoms with Gasteiger partial charge in [0, 0.05) is 20.5 Å². The number of benzene rings is 1. The molecule has 2 N–H and O–H groups in total. The van der Waals surface area contributed by atoms with Gasteiger partial charge in [-0.3, -0.25) is 14.4 Å². The lowest BCUT2D eigenvalue weighted by molar-refractivity contribution is -0.132. The average molecular weight is 423 g/mol. The topological polar surface area (TPSA) is 105 Å². The van der Waals surface area contributed by atoms with E-state index in [0.717, 1.165) is 5.56 Å². The minimum atomic E-state index is -1.26. The first-order valence-corrected chi connectivity index (χ1v) is 9.72. The maximum absolute atomic E-state index is 12.9. The predicted molar refractivity (Wildman–Crippen MR) is 109 cm³/mol. The number of hydrogen-bond donors (Lipinski definition) is 2. The van der Waals surface area contributed by atoms with Crippen molar-refractivity contribution < 1.29 is 28.3 Å². The highest BCUT2D eigenvalue weighted by atomic mass is 19.1. The lowest BCUT2D eigenvalue weighted by atomic mass is 10.0. The number of nitrogens with one attached hydrogen (secondary N) is 2. The number of alkyl carbamates (subject to hydrolysis) is 1. The number of halogens is 1. The molecule has 8 nitrogen and oxygen atoms in total. The first-order valence-electron chi connectivity index (χ1n) is 9.72. The number of carbonyl (C=O) groups is 4. The summed E-state index contributed by atoms with van der Waals surface area (Å²) in [5.41, 5.74) is 0.789. The van der Waals surface area contributed by atoms with Crippen molar-refractivity contribution >= 4 is 23.7 Å². The Morgan fingerprint density at radius 1 is 1.07 bits per heavy atom. The summed E-state index contributed by atoms with van der Waals surface area (Å²) in [6.45, 7) is 2.20. The van der Waals surface area contributed by atoms with E-state index in [4.69, 9.17) is 4.74 Å². The summed E-state index contributed by atoms with van der Waals surface area (Å²) in [5, 5.41) is 4.93. The van der Waals surface area contributed by atoms with Crippen LogP contribution in [0.2, 0.25) is 0 Å². The fourth-order valence-electron chi connectivity index (χ4n) is 2.59. The van der Waals surface area contributed by atoms with Gasteiger partial charge < -0.3 is 20.3 Å². The number of hydrogen-bond acceptors (Lipinski definition) is 5. The molecule has 1 aromatic carbocycles. The van der Waals surface area contributed by atoms with E-state index in [1.54, 1.807) is 40.1 Å². The van der Waals surface area contributed by atoms with Crippen molar-refractivity contribution in [2.45, 2.75) is 45.4 Å². The van der Waals surface area contributed by atoms with Crippen molar-refractivity contribution in [2.24, 2.45) is 5.92 Å². The lowest BCUT2D eigenvalue weighted by Crippen LogP contribution is -2.54. The van der Waals surface area contributed by atoms with Crippen molar-refractivity contribution in [3.8, 4) is 0 Å².